The first kappa shape index (κ1) is 10.1. The fourth-order valence-electron chi connectivity index (χ4n) is 0.884. The Morgan fingerprint density at radius 3 is 2.57 bits per heavy atom. The van der Waals surface area contributed by atoms with Gasteiger partial charge in [0.2, 0.25) is 17.5 Å². The van der Waals surface area contributed by atoms with Crippen LogP contribution in [0, 0.1) is 0 Å². The van der Waals surface area contributed by atoms with Crippen LogP contribution in [-0.4, -0.2) is 17.5 Å². The van der Waals surface area contributed by atoms with Gasteiger partial charge in [0.05, 0.1) is 0 Å². The molecule has 0 radical (unpaired) electrons. The van der Waals surface area contributed by atoms with Crippen LogP contribution in [0.5, 0.6) is 0 Å². The van der Waals surface area contributed by atoms with Gasteiger partial charge in [-0.2, -0.15) is 0 Å². The number of carbonyl (C=O) groups is 3. The third kappa shape index (κ3) is 2.82. The molecule has 0 aromatic rings. The molecule has 72 valence electrons. The molecule has 1 aliphatic rings. The minimum atomic E-state index is -0.546. The largest absolute Gasteiger partial charge is 0.333 e. The van der Waals surface area contributed by atoms with E-state index in [4.69, 9.17) is 0 Å². The zero-order valence-corrected chi connectivity index (χ0v) is 7.61. The summed E-state index contributed by atoms with van der Waals surface area (Å²) in [5, 5.41) is 2.43. The minimum absolute atomic E-state index is 0.191. The van der Waals surface area contributed by atoms with Gasteiger partial charge in [0, 0.05) is 13.1 Å². The number of ketones is 2. The summed E-state index contributed by atoms with van der Waals surface area (Å²) in [6, 6.07) is 0. The van der Waals surface area contributed by atoms with Crippen LogP contribution in [0.2, 0.25) is 0 Å². The molecule has 1 aliphatic carbocycles. The normalized spacial score (nSPS) is 15.9. The summed E-state index contributed by atoms with van der Waals surface area (Å²) in [6.07, 6.45) is 6.91. The molecule has 1 amide bonds. The van der Waals surface area contributed by atoms with E-state index in [1.54, 1.807) is 6.08 Å². The third-order valence-electron chi connectivity index (χ3n) is 1.53. The number of rotatable bonds is 2. The van der Waals surface area contributed by atoms with Gasteiger partial charge in [-0.3, -0.25) is 14.4 Å². The Labute approximate surface area is 81.0 Å². The van der Waals surface area contributed by atoms with Gasteiger partial charge in [-0.05, 0) is 23.8 Å². The van der Waals surface area contributed by atoms with Crippen LogP contribution in [-0.2, 0) is 14.4 Å². The summed E-state index contributed by atoms with van der Waals surface area (Å²) >= 11 is 0. The number of nitrogens with one attached hydrogen (secondary N) is 1. The Morgan fingerprint density at radius 1 is 1.29 bits per heavy atom. The number of allylic oxidation sites excluding steroid dienone is 5. The van der Waals surface area contributed by atoms with Crippen LogP contribution in [0.25, 0.3) is 0 Å². The Hall–Kier alpha value is -1.97. The van der Waals surface area contributed by atoms with Gasteiger partial charge in [0.15, 0.2) is 0 Å². The van der Waals surface area contributed by atoms with Gasteiger partial charge in [0.25, 0.3) is 0 Å². The van der Waals surface area contributed by atoms with Gasteiger partial charge < -0.3 is 5.32 Å². The zero-order chi connectivity index (χ0) is 10.6. The van der Waals surface area contributed by atoms with Crippen molar-refractivity contribution in [2.75, 3.05) is 0 Å². The van der Waals surface area contributed by atoms with E-state index in [-0.39, 0.29) is 5.91 Å². The topological polar surface area (TPSA) is 63.2 Å². The summed E-state index contributed by atoms with van der Waals surface area (Å²) in [4.78, 5) is 32.1. The second-order valence-electron chi connectivity index (χ2n) is 2.74. The molecule has 14 heavy (non-hydrogen) atoms. The van der Waals surface area contributed by atoms with E-state index in [2.05, 4.69) is 5.32 Å². The quantitative estimate of drug-likeness (QED) is 0.503. The molecule has 0 bridgehead atoms. The average Bonchev–Trinajstić information content (AvgIpc) is 2.10. The van der Waals surface area contributed by atoms with Crippen molar-refractivity contribution in [1.29, 1.82) is 0 Å². The van der Waals surface area contributed by atoms with Gasteiger partial charge in [0.1, 0.15) is 0 Å². The average molecular weight is 191 g/mol. The van der Waals surface area contributed by atoms with Crippen LogP contribution >= 0.6 is 0 Å². The van der Waals surface area contributed by atoms with Crippen molar-refractivity contribution < 1.29 is 14.4 Å². The lowest BCUT2D eigenvalue weighted by Gasteiger charge is -1.99. The molecule has 0 aromatic carbocycles. The Kier molecular flexibility index (Phi) is 3.12. The summed E-state index contributed by atoms with van der Waals surface area (Å²) in [6.45, 7) is 1.38. The van der Waals surface area contributed by atoms with E-state index in [0.29, 0.717) is 5.57 Å². The minimum Gasteiger partial charge on any atom is -0.333 e. The third-order valence-corrected chi connectivity index (χ3v) is 1.53. The second kappa shape index (κ2) is 4.32. The van der Waals surface area contributed by atoms with E-state index in [9.17, 15) is 14.4 Å². The van der Waals surface area contributed by atoms with Crippen LogP contribution in [0.4, 0.5) is 0 Å². The lowest BCUT2D eigenvalue weighted by Crippen LogP contribution is -2.13. The summed E-state index contributed by atoms with van der Waals surface area (Å²) < 4.78 is 0. The molecule has 4 heteroatoms. The Morgan fingerprint density at radius 2 is 2.00 bits per heavy atom. The number of amides is 1. The van der Waals surface area contributed by atoms with Crippen molar-refractivity contribution >= 4 is 17.5 Å². The summed E-state index contributed by atoms with van der Waals surface area (Å²) in [5.74, 6) is -1.26. The fraction of sp³-hybridized carbons (Fsp3) is 0.100. The molecule has 0 unspecified atom stereocenters. The highest BCUT2D eigenvalue weighted by Crippen LogP contribution is 2.05. The molecule has 4 nitrogen and oxygen atoms in total. The highest BCUT2D eigenvalue weighted by atomic mass is 16.2. The molecule has 0 heterocycles. The molecule has 0 aromatic heterocycles. The smallest absolute Gasteiger partial charge is 0.226 e. The maximum Gasteiger partial charge on any atom is 0.226 e. The zero-order valence-electron chi connectivity index (χ0n) is 7.61. The first-order chi connectivity index (χ1) is 6.59. The molecular formula is C10H9NO3. The van der Waals surface area contributed by atoms with Gasteiger partial charge in [-0.1, -0.05) is 6.08 Å². The Balaban J connectivity index is 2.63. The lowest BCUT2D eigenvalue weighted by molar-refractivity contribution is -0.131. The van der Waals surface area contributed by atoms with Gasteiger partial charge in [-0.15, -0.1) is 0 Å². The highest BCUT2D eigenvalue weighted by molar-refractivity contribution is 6.46. The van der Waals surface area contributed by atoms with Crippen LogP contribution in [0.15, 0.2) is 36.1 Å². The molecule has 0 fully saturated rings. The Bertz CT molecular complexity index is 375. The molecule has 0 saturated carbocycles. The number of hydrogen-bond donors (Lipinski definition) is 1. The highest BCUT2D eigenvalue weighted by Gasteiger charge is 2.11. The molecule has 0 saturated heterocycles. The molecule has 0 atom stereocenters. The lowest BCUT2D eigenvalue weighted by atomic mass is 10.1. The van der Waals surface area contributed by atoms with Crippen molar-refractivity contribution in [3.63, 3.8) is 0 Å². The van der Waals surface area contributed by atoms with Crippen molar-refractivity contribution in [1.82, 2.24) is 5.32 Å². The maximum absolute atomic E-state index is 10.9. The van der Waals surface area contributed by atoms with Crippen molar-refractivity contribution in [2.24, 2.45) is 0 Å². The van der Waals surface area contributed by atoms with Crippen molar-refractivity contribution in [3.8, 4) is 0 Å². The molecular weight excluding hydrogens is 182 g/mol. The molecule has 0 spiro atoms. The van der Waals surface area contributed by atoms with E-state index in [0.717, 1.165) is 0 Å². The standard InChI is InChI=1S/C10H9NO3/c1-7(12)11-5-4-8-2-3-9(13)10(14)6-8/h2-6H,1H3,(H,11,12)/b5-4+. The van der Waals surface area contributed by atoms with E-state index < -0.39 is 11.6 Å². The van der Waals surface area contributed by atoms with Crippen molar-refractivity contribution in [3.05, 3.63) is 36.1 Å². The first-order valence-electron chi connectivity index (χ1n) is 4.01. The number of carbonyl (C=O) groups excluding carboxylic acids is 3. The molecule has 1 N–H and O–H groups in total. The van der Waals surface area contributed by atoms with Crippen LogP contribution in [0.1, 0.15) is 6.92 Å². The maximum atomic E-state index is 10.9. The van der Waals surface area contributed by atoms with Gasteiger partial charge >= 0.3 is 0 Å². The molecule has 0 aliphatic heterocycles. The predicted octanol–water partition coefficient (Wildman–Crippen LogP) is 0.271. The predicted molar refractivity (Wildman–Crippen MR) is 50.2 cm³/mol. The van der Waals surface area contributed by atoms with Gasteiger partial charge in [-0.25, -0.2) is 0 Å². The summed E-state index contributed by atoms with van der Waals surface area (Å²) in [5.41, 5.74) is 0.586. The van der Waals surface area contributed by atoms with Crippen LogP contribution < -0.4 is 5.32 Å². The molecule has 1 rings (SSSR count). The fourth-order valence-corrected chi connectivity index (χ4v) is 0.884. The van der Waals surface area contributed by atoms with E-state index in [1.165, 1.54) is 31.4 Å². The second-order valence-corrected chi connectivity index (χ2v) is 2.74. The monoisotopic (exact) mass is 191 g/mol. The first-order valence-corrected chi connectivity index (χ1v) is 4.01. The van der Waals surface area contributed by atoms with E-state index in [1.807, 2.05) is 0 Å². The van der Waals surface area contributed by atoms with Crippen molar-refractivity contribution in [2.45, 2.75) is 6.92 Å². The SMILES string of the molecule is CC(=O)N/C=C/C1=CC(=O)C(=O)C=C1. The summed E-state index contributed by atoms with van der Waals surface area (Å²) in [7, 11) is 0. The number of hydrogen-bond acceptors (Lipinski definition) is 3. The van der Waals surface area contributed by atoms with E-state index >= 15 is 0 Å². The van der Waals surface area contributed by atoms with Crippen LogP contribution in [0.3, 0.4) is 0 Å².